The second kappa shape index (κ2) is 11.6. The summed E-state index contributed by atoms with van der Waals surface area (Å²) in [5.74, 6) is 1.66. The fourth-order valence-corrected chi connectivity index (χ4v) is 5.24. The number of hydrogen-bond acceptors (Lipinski definition) is 9. The number of aromatic nitrogens is 2. The van der Waals surface area contributed by atoms with Gasteiger partial charge in [0.05, 0.1) is 35.2 Å². The summed E-state index contributed by atoms with van der Waals surface area (Å²) in [5.41, 5.74) is 3.14. The van der Waals surface area contributed by atoms with Gasteiger partial charge in [0.25, 0.3) is 0 Å². The molecule has 0 bridgehead atoms. The van der Waals surface area contributed by atoms with Crippen molar-refractivity contribution in [3.05, 3.63) is 53.9 Å². The number of para-hydroxylation sites is 1. The molecule has 0 spiro atoms. The van der Waals surface area contributed by atoms with E-state index in [0.717, 1.165) is 26.6 Å². The van der Waals surface area contributed by atoms with Crippen LogP contribution in [0.4, 0.5) is 28.8 Å². The van der Waals surface area contributed by atoms with Crippen LogP contribution >= 0.6 is 23.1 Å². The molecule has 36 heavy (non-hydrogen) atoms. The van der Waals surface area contributed by atoms with Crippen molar-refractivity contribution in [1.29, 1.82) is 0 Å². The van der Waals surface area contributed by atoms with E-state index in [4.69, 9.17) is 14.7 Å². The van der Waals surface area contributed by atoms with E-state index in [-0.39, 0.29) is 5.91 Å². The van der Waals surface area contributed by atoms with Crippen LogP contribution in [-0.4, -0.2) is 53.8 Å². The molecule has 4 rings (SSSR count). The highest BCUT2D eigenvalue weighted by atomic mass is 32.2. The third-order valence-electron chi connectivity index (χ3n) is 5.00. The minimum Gasteiger partial charge on any atom is -0.495 e. The van der Waals surface area contributed by atoms with Gasteiger partial charge in [0.1, 0.15) is 5.75 Å². The molecule has 0 radical (unpaired) electrons. The van der Waals surface area contributed by atoms with Gasteiger partial charge in [-0.2, -0.15) is 4.98 Å². The van der Waals surface area contributed by atoms with Gasteiger partial charge in [0.2, 0.25) is 11.9 Å². The number of nitrogens with zero attached hydrogens (tertiary/aromatic N) is 3. The average Bonchev–Trinajstić information content (AvgIpc) is 3.29. The molecule has 2 aromatic carbocycles. The van der Waals surface area contributed by atoms with Gasteiger partial charge in [-0.25, -0.2) is 4.98 Å². The number of carbonyl (C=O) groups excluding carboxylic acids is 1. The van der Waals surface area contributed by atoms with E-state index >= 15 is 0 Å². The van der Waals surface area contributed by atoms with Crippen molar-refractivity contribution in [2.75, 3.05) is 43.7 Å². The van der Waals surface area contributed by atoms with Gasteiger partial charge >= 0.3 is 0 Å². The van der Waals surface area contributed by atoms with Crippen LogP contribution in [0.25, 0.3) is 10.2 Å². The Hall–Kier alpha value is -3.34. The lowest BCUT2D eigenvalue weighted by Crippen LogP contribution is -2.27. The first-order valence-corrected chi connectivity index (χ1v) is 13.3. The second-order valence-electron chi connectivity index (χ2n) is 8.64. The van der Waals surface area contributed by atoms with Gasteiger partial charge < -0.3 is 25.6 Å². The van der Waals surface area contributed by atoms with E-state index in [2.05, 4.69) is 41.9 Å². The Balaban J connectivity index is 1.65. The lowest BCUT2D eigenvalue weighted by molar-refractivity contribution is -0.116. The zero-order chi connectivity index (χ0) is 25.7. The number of amides is 1. The lowest BCUT2D eigenvalue weighted by Gasteiger charge is -2.16. The second-order valence-corrected chi connectivity index (χ2v) is 11.2. The number of thiophene rings is 1. The van der Waals surface area contributed by atoms with Crippen molar-refractivity contribution in [1.82, 2.24) is 14.9 Å². The molecule has 10 heteroatoms. The van der Waals surface area contributed by atoms with Crippen molar-refractivity contribution in [3.8, 4) is 5.75 Å². The quantitative estimate of drug-likeness (QED) is 0.213. The molecule has 0 unspecified atom stereocenters. The summed E-state index contributed by atoms with van der Waals surface area (Å²) in [5, 5.41) is 12.2. The first kappa shape index (κ1) is 25.7. The Labute approximate surface area is 219 Å². The molecular weight excluding hydrogens is 492 g/mol. The van der Waals surface area contributed by atoms with Gasteiger partial charge in [-0.05, 0) is 55.9 Å². The van der Waals surface area contributed by atoms with Crippen LogP contribution in [-0.2, 0) is 4.79 Å². The van der Waals surface area contributed by atoms with Crippen LogP contribution < -0.4 is 20.7 Å². The number of benzene rings is 2. The van der Waals surface area contributed by atoms with Crippen molar-refractivity contribution < 1.29 is 9.53 Å². The number of fused-ring (bicyclic) bond motifs is 1. The van der Waals surface area contributed by atoms with E-state index in [1.54, 1.807) is 42.3 Å². The predicted molar refractivity (Wildman–Crippen MR) is 152 cm³/mol. The first-order valence-electron chi connectivity index (χ1n) is 11.5. The number of thioether (sulfide) groups is 1. The third kappa shape index (κ3) is 6.45. The van der Waals surface area contributed by atoms with E-state index in [0.29, 0.717) is 34.9 Å². The van der Waals surface area contributed by atoms with Gasteiger partial charge in [-0.3, -0.25) is 4.79 Å². The summed E-state index contributed by atoms with van der Waals surface area (Å²) < 4.78 is 6.51. The minimum atomic E-state index is -0.100. The number of carbonyl (C=O) groups is 1. The highest BCUT2D eigenvalue weighted by Crippen LogP contribution is 2.36. The fourth-order valence-electron chi connectivity index (χ4n) is 3.55. The number of rotatable bonds is 10. The lowest BCUT2D eigenvalue weighted by atomic mass is 10.2. The fraction of sp³-hybridized carbons (Fsp3) is 0.269. The smallest absolute Gasteiger partial charge is 0.238 e. The van der Waals surface area contributed by atoms with E-state index < -0.39 is 0 Å². The molecule has 2 heterocycles. The summed E-state index contributed by atoms with van der Waals surface area (Å²) >= 11 is 3.39. The highest BCUT2D eigenvalue weighted by Gasteiger charge is 2.14. The SMILES string of the molecule is COc1ccc(NC(=O)CN(C)C)cc1Nc1nc(Nc2ccccc2SC(C)C)c2sccc2n1. The summed E-state index contributed by atoms with van der Waals surface area (Å²) in [6.07, 6.45) is 0. The Bertz CT molecular complexity index is 1360. The molecule has 0 fully saturated rings. The van der Waals surface area contributed by atoms with E-state index in [9.17, 15) is 4.79 Å². The third-order valence-corrected chi connectivity index (χ3v) is 6.99. The van der Waals surface area contributed by atoms with Gasteiger partial charge in [0, 0.05) is 15.8 Å². The molecule has 8 nitrogen and oxygen atoms in total. The average molecular weight is 523 g/mol. The maximum atomic E-state index is 12.2. The first-order chi connectivity index (χ1) is 17.3. The van der Waals surface area contributed by atoms with Crippen molar-refractivity contribution >= 4 is 68.1 Å². The molecule has 2 aromatic heterocycles. The summed E-state index contributed by atoms with van der Waals surface area (Å²) in [6.45, 7) is 4.64. The zero-order valence-corrected chi connectivity index (χ0v) is 22.6. The van der Waals surface area contributed by atoms with Crippen LogP contribution in [0.15, 0.2) is 58.8 Å². The number of nitrogens with one attached hydrogen (secondary N) is 3. The molecule has 0 aliphatic carbocycles. The van der Waals surface area contributed by atoms with E-state index in [1.807, 2.05) is 48.6 Å². The van der Waals surface area contributed by atoms with Crippen molar-refractivity contribution in [3.63, 3.8) is 0 Å². The Kier molecular flexibility index (Phi) is 8.29. The maximum Gasteiger partial charge on any atom is 0.238 e. The van der Waals surface area contributed by atoms with Crippen LogP contribution in [0.3, 0.4) is 0 Å². The largest absolute Gasteiger partial charge is 0.495 e. The number of ether oxygens (including phenoxy) is 1. The molecular formula is C26H30N6O2S2. The van der Waals surface area contributed by atoms with Crippen LogP contribution in [0.1, 0.15) is 13.8 Å². The minimum absolute atomic E-state index is 0.100. The molecule has 0 saturated carbocycles. The molecule has 0 aliphatic rings. The Morgan fingerprint density at radius 1 is 1.08 bits per heavy atom. The number of anilines is 5. The van der Waals surface area contributed by atoms with Crippen molar-refractivity contribution in [2.24, 2.45) is 0 Å². The highest BCUT2D eigenvalue weighted by molar-refractivity contribution is 8.00. The van der Waals surface area contributed by atoms with Crippen LogP contribution in [0.2, 0.25) is 0 Å². The van der Waals surface area contributed by atoms with E-state index in [1.165, 1.54) is 0 Å². The standard InChI is InChI=1S/C26H30N6O2S2/c1-16(2)36-22-9-7-6-8-18(22)28-25-24-19(12-13-35-24)29-26(31-25)30-20-14-17(10-11-21(20)34-5)27-23(33)15-32(3)4/h6-14,16H,15H2,1-5H3,(H,27,33)(H2,28,29,30,31). The number of hydrogen-bond donors (Lipinski definition) is 3. The summed E-state index contributed by atoms with van der Waals surface area (Å²) in [4.78, 5) is 24.7. The Morgan fingerprint density at radius 2 is 1.89 bits per heavy atom. The van der Waals surface area contributed by atoms with Gasteiger partial charge in [-0.15, -0.1) is 23.1 Å². The molecule has 0 saturated heterocycles. The van der Waals surface area contributed by atoms with Gasteiger partial charge in [0.15, 0.2) is 5.82 Å². The molecule has 1 amide bonds. The summed E-state index contributed by atoms with van der Waals surface area (Å²) in [6, 6.07) is 15.6. The number of methoxy groups -OCH3 is 1. The Morgan fingerprint density at radius 3 is 2.64 bits per heavy atom. The topological polar surface area (TPSA) is 91.4 Å². The van der Waals surface area contributed by atoms with Crippen LogP contribution in [0, 0.1) is 0 Å². The molecule has 188 valence electrons. The molecule has 0 atom stereocenters. The zero-order valence-electron chi connectivity index (χ0n) is 21.0. The normalized spacial score (nSPS) is 11.2. The van der Waals surface area contributed by atoms with Crippen molar-refractivity contribution in [2.45, 2.75) is 24.0 Å². The predicted octanol–water partition coefficient (Wildman–Crippen LogP) is 6.19. The molecule has 0 aliphatic heterocycles. The molecule has 3 N–H and O–H groups in total. The maximum absolute atomic E-state index is 12.2. The van der Waals surface area contributed by atoms with Crippen LogP contribution in [0.5, 0.6) is 5.75 Å². The monoisotopic (exact) mass is 522 g/mol. The van der Waals surface area contributed by atoms with Gasteiger partial charge in [-0.1, -0.05) is 26.0 Å². The molecule has 4 aromatic rings. The number of likely N-dealkylation sites (N-methyl/N-ethyl adjacent to an activating group) is 1. The summed E-state index contributed by atoms with van der Waals surface area (Å²) in [7, 11) is 5.30.